The Morgan fingerprint density at radius 2 is 1.88 bits per heavy atom. The highest BCUT2D eigenvalue weighted by molar-refractivity contribution is 5.17. The summed E-state index contributed by atoms with van der Waals surface area (Å²) < 4.78 is 0. The van der Waals surface area contributed by atoms with Crippen molar-refractivity contribution < 1.29 is 5.11 Å². The largest absolute Gasteiger partial charge is 0.388 e. The molecule has 88 valence electrons. The van der Waals surface area contributed by atoms with E-state index in [1.54, 1.807) is 6.20 Å². The third kappa shape index (κ3) is 3.68. The number of pyridine rings is 1. The van der Waals surface area contributed by atoms with E-state index >= 15 is 0 Å². The molecule has 0 amide bonds. The molecular formula is C15H17NO. The number of aliphatic hydroxyl groups is 1. The predicted octanol–water partition coefficient (Wildman–Crippen LogP) is 3.14. The van der Waals surface area contributed by atoms with Crippen molar-refractivity contribution in [3.63, 3.8) is 0 Å². The summed E-state index contributed by atoms with van der Waals surface area (Å²) in [6.45, 7) is 0. The molecule has 1 N–H and O–H groups in total. The fourth-order valence-corrected chi connectivity index (χ4v) is 1.89. The summed E-state index contributed by atoms with van der Waals surface area (Å²) in [7, 11) is 0. The Hall–Kier alpha value is -1.67. The number of benzene rings is 1. The van der Waals surface area contributed by atoms with Gasteiger partial charge in [-0.15, -0.1) is 0 Å². The first kappa shape index (κ1) is 11.8. The molecular weight excluding hydrogens is 210 g/mol. The number of rotatable bonds is 5. The Labute approximate surface area is 102 Å². The van der Waals surface area contributed by atoms with Crippen LogP contribution in [0.2, 0.25) is 0 Å². The van der Waals surface area contributed by atoms with E-state index in [0.29, 0.717) is 0 Å². The highest BCUT2D eigenvalue weighted by atomic mass is 16.3. The maximum absolute atomic E-state index is 9.98. The average Bonchev–Trinajstić information content (AvgIpc) is 2.41. The molecule has 0 saturated heterocycles. The van der Waals surface area contributed by atoms with Gasteiger partial charge in [0, 0.05) is 12.4 Å². The van der Waals surface area contributed by atoms with Gasteiger partial charge < -0.3 is 5.11 Å². The molecule has 0 radical (unpaired) electrons. The van der Waals surface area contributed by atoms with Crippen LogP contribution in [0.1, 0.15) is 30.1 Å². The second-order valence-corrected chi connectivity index (χ2v) is 4.18. The van der Waals surface area contributed by atoms with Gasteiger partial charge in [-0.3, -0.25) is 4.98 Å². The highest BCUT2D eigenvalue weighted by Gasteiger charge is 2.06. The zero-order chi connectivity index (χ0) is 11.9. The van der Waals surface area contributed by atoms with E-state index in [1.807, 2.05) is 42.6 Å². The van der Waals surface area contributed by atoms with Crippen LogP contribution in [0.3, 0.4) is 0 Å². The fraction of sp³-hybridized carbons (Fsp3) is 0.267. The van der Waals surface area contributed by atoms with Gasteiger partial charge in [-0.25, -0.2) is 0 Å². The van der Waals surface area contributed by atoms with Crippen molar-refractivity contribution in [3.8, 4) is 0 Å². The maximum atomic E-state index is 9.98. The van der Waals surface area contributed by atoms with Crippen molar-refractivity contribution >= 4 is 0 Å². The molecule has 0 aliphatic carbocycles. The number of aryl methyl sites for hydroxylation is 1. The summed E-state index contributed by atoms with van der Waals surface area (Å²) in [5, 5.41) is 9.98. The van der Waals surface area contributed by atoms with Gasteiger partial charge in [0.25, 0.3) is 0 Å². The van der Waals surface area contributed by atoms with Crippen LogP contribution in [0.15, 0.2) is 54.9 Å². The molecule has 0 saturated carbocycles. The van der Waals surface area contributed by atoms with Gasteiger partial charge >= 0.3 is 0 Å². The van der Waals surface area contributed by atoms with Gasteiger partial charge in [-0.05, 0) is 36.5 Å². The summed E-state index contributed by atoms with van der Waals surface area (Å²) in [5.74, 6) is 0. The molecule has 1 aromatic carbocycles. The third-order valence-electron chi connectivity index (χ3n) is 2.85. The van der Waals surface area contributed by atoms with Gasteiger partial charge in [0.05, 0.1) is 6.10 Å². The van der Waals surface area contributed by atoms with E-state index in [0.717, 1.165) is 24.8 Å². The third-order valence-corrected chi connectivity index (χ3v) is 2.85. The number of nitrogens with zero attached hydrogens (tertiary/aromatic N) is 1. The van der Waals surface area contributed by atoms with Gasteiger partial charge in [0.15, 0.2) is 0 Å². The standard InChI is InChI=1S/C15H17NO/c17-15(14-8-2-1-3-9-14)10-4-6-13-7-5-11-16-12-13/h1-3,5,7-9,11-12,15,17H,4,6,10H2. The first-order chi connectivity index (χ1) is 8.36. The number of hydrogen-bond donors (Lipinski definition) is 1. The molecule has 2 heteroatoms. The lowest BCUT2D eigenvalue weighted by atomic mass is 10.0. The van der Waals surface area contributed by atoms with Crippen LogP contribution in [-0.2, 0) is 6.42 Å². The minimum absolute atomic E-state index is 0.354. The topological polar surface area (TPSA) is 33.1 Å². The molecule has 2 nitrogen and oxygen atoms in total. The lowest BCUT2D eigenvalue weighted by Crippen LogP contribution is -1.98. The van der Waals surface area contributed by atoms with E-state index in [9.17, 15) is 5.11 Å². The Morgan fingerprint density at radius 3 is 2.59 bits per heavy atom. The summed E-state index contributed by atoms with van der Waals surface area (Å²) in [4.78, 5) is 4.08. The van der Waals surface area contributed by atoms with Crippen LogP contribution in [0.25, 0.3) is 0 Å². The smallest absolute Gasteiger partial charge is 0.0790 e. The normalized spacial score (nSPS) is 12.3. The van der Waals surface area contributed by atoms with E-state index in [-0.39, 0.29) is 6.10 Å². The van der Waals surface area contributed by atoms with Crippen molar-refractivity contribution in [2.75, 3.05) is 0 Å². The average molecular weight is 227 g/mol. The number of hydrogen-bond acceptors (Lipinski definition) is 2. The van der Waals surface area contributed by atoms with Gasteiger partial charge in [0.1, 0.15) is 0 Å². The second kappa shape index (κ2) is 6.16. The van der Waals surface area contributed by atoms with Crippen LogP contribution < -0.4 is 0 Å². The van der Waals surface area contributed by atoms with E-state index in [2.05, 4.69) is 11.1 Å². The van der Waals surface area contributed by atoms with Crippen molar-refractivity contribution in [2.24, 2.45) is 0 Å². The zero-order valence-electron chi connectivity index (χ0n) is 9.79. The van der Waals surface area contributed by atoms with Gasteiger partial charge in [0.2, 0.25) is 0 Å². The van der Waals surface area contributed by atoms with Crippen LogP contribution in [0.4, 0.5) is 0 Å². The highest BCUT2D eigenvalue weighted by Crippen LogP contribution is 2.18. The molecule has 1 heterocycles. The Balaban J connectivity index is 1.79. The molecule has 1 unspecified atom stereocenters. The zero-order valence-corrected chi connectivity index (χ0v) is 9.79. The molecule has 1 atom stereocenters. The minimum Gasteiger partial charge on any atom is -0.388 e. The van der Waals surface area contributed by atoms with Crippen molar-refractivity contribution in [3.05, 3.63) is 66.0 Å². The summed E-state index contributed by atoms with van der Waals surface area (Å²) in [6.07, 6.45) is 6.04. The van der Waals surface area contributed by atoms with E-state index in [1.165, 1.54) is 5.56 Å². The Morgan fingerprint density at radius 1 is 1.06 bits per heavy atom. The van der Waals surface area contributed by atoms with Crippen LogP contribution in [-0.4, -0.2) is 10.1 Å². The lowest BCUT2D eigenvalue weighted by Gasteiger charge is -2.10. The molecule has 2 aromatic rings. The molecule has 0 aliphatic heterocycles. The van der Waals surface area contributed by atoms with Gasteiger partial charge in [-0.1, -0.05) is 36.4 Å². The first-order valence-corrected chi connectivity index (χ1v) is 5.98. The summed E-state index contributed by atoms with van der Waals surface area (Å²) in [6, 6.07) is 13.8. The predicted molar refractivity (Wildman–Crippen MR) is 68.6 cm³/mol. The molecule has 1 aromatic heterocycles. The van der Waals surface area contributed by atoms with Crippen molar-refractivity contribution in [2.45, 2.75) is 25.4 Å². The minimum atomic E-state index is -0.354. The SMILES string of the molecule is OC(CCCc1cccnc1)c1ccccc1. The molecule has 0 fully saturated rings. The van der Waals surface area contributed by atoms with Gasteiger partial charge in [-0.2, -0.15) is 0 Å². The monoisotopic (exact) mass is 227 g/mol. The van der Waals surface area contributed by atoms with E-state index < -0.39 is 0 Å². The quantitative estimate of drug-likeness (QED) is 0.851. The van der Waals surface area contributed by atoms with Crippen molar-refractivity contribution in [1.82, 2.24) is 4.98 Å². The maximum Gasteiger partial charge on any atom is 0.0790 e. The van der Waals surface area contributed by atoms with Crippen LogP contribution in [0, 0.1) is 0 Å². The summed E-state index contributed by atoms with van der Waals surface area (Å²) in [5.41, 5.74) is 2.23. The van der Waals surface area contributed by atoms with Crippen LogP contribution >= 0.6 is 0 Å². The Kier molecular flexibility index (Phi) is 4.28. The molecule has 2 rings (SSSR count). The Bertz CT molecular complexity index is 427. The number of aromatic nitrogens is 1. The first-order valence-electron chi connectivity index (χ1n) is 5.98. The van der Waals surface area contributed by atoms with E-state index in [4.69, 9.17) is 0 Å². The lowest BCUT2D eigenvalue weighted by molar-refractivity contribution is 0.164. The molecule has 0 spiro atoms. The summed E-state index contributed by atoms with van der Waals surface area (Å²) >= 11 is 0. The van der Waals surface area contributed by atoms with Crippen molar-refractivity contribution in [1.29, 1.82) is 0 Å². The molecule has 17 heavy (non-hydrogen) atoms. The second-order valence-electron chi connectivity index (χ2n) is 4.18. The fourth-order valence-electron chi connectivity index (χ4n) is 1.89. The molecule has 0 bridgehead atoms. The number of aliphatic hydroxyl groups excluding tert-OH is 1. The molecule has 0 aliphatic rings. The van der Waals surface area contributed by atoms with Crippen LogP contribution in [0.5, 0.6) is 0 Å².